The van der Waals surface area contributed by atoms with Gasteiger partial charge in [0.05, 0.1) is 0 Å². The third-order valence-corrected chi connectivity index (χ3v) is 4.49. The van der Waals surface area contributed by atoms with E-state index in [1.807, 2.05) is 36.4 Å². The summed E-state index contributed by atoms with van der Waals surface area (Å²) >= 11 is 0. The van der Waals surface area contributed by atoms with Gasteiger partial charge in [-0.2, -0.15) is 0 Å². The molecule has 6 heteroatoms. The lowest BCUT2D eigenvalue weighted by Crippen LogP contribution is -2.21. The Labute approximate surface area is 179 Å². The first-order valence-corrected chi connectivity index (χ1v) is 9.56. The summed E-state index contributed by atoms with van der Waals surface area (Å²) in [5.74, 6) is -1.09. The maximum Gasteiger partial charge on any atom is 0.274 e. The third kappa shape index (κ3) is 6.76. The molecule has 0 spiro atoms. The van der Waals surface area contributed by atoms with Crippen molar-refractivity contribution < 1.29 is 19.2 Å². The molecule has 0 radical (unpaired) electrons. The van der Waals surface area contributed by atoms with E-state index in [0.29, 0.717) is 12.1 Å². The lowest BCUT2D eigenvalue weighted by molar-refractivity contribution is -0.116. The Morgan fingerprint density at radius 3 is 1.84 bits per heavy atom. The summed E-state index contributed by atoms with van der Waals surface area (Å²) in [4.78, 5) is 23.3. The number of benzene rings is 3. The Morgan fingerprint density at radius 2 is 1.29 bits per heavy atom. The number of hydrogen-bond donors (Lipinski definition) is 3. The predicted molar refractivity (Wildman–Crippen MR) is 118 cm³/mol. The SMILES string of the molecule is O=C(/C=C/c1ccc(/C=C\c2ccc(F)cc2)cc1)NCc1ccc(C(=O)NO)cc1. The highest BCUT2D eigenvalue weighted by Gasteiger charge is 2.03. The number of nitrogens with one attached hydrogen (secondary N) is 2. The van der Waals surface area contributed by atoms with Crippen molar-refractivity contribution in [3.63, 3.8) is 0 Å². The molecule has 0 unspecified atom stereocenters. The second-order valence-corrected chi connectivity index (χ2v) is 6.74. The fourth-order valence-electron chi connectivity index (χ4n) is 2.74. The van der Waals surface area contributed by atoms with E-state index in [1.165, 1.54) is 18.2 Å². The molecule has 0 saturated carbocycles. The fraction of sp³-hybridized carbons (Fsp3) is 0.0400. The molecule has 0 aliphatic heterocycles. The van der Waals surface area contributed by atoms with E-state index in [4.69, 9.17) is 5.21 Å². The van der Waals surface area contributed by atoms with Gasteiger partial charge in [0.25, 0.3) is 5.91 Å². The van der Waals surface area contributed by atoms with Gasteiger partial charge < -0.3 is 5.32 Å². The van der Waals surface area contributed by atoms with E-state index >= 15 is 0 Å². The summed E-state index contributed by atoms with van der Waals surface area (Å²) in [6.07, 6.45) is 7.01. The van der Waals surface area contributed by atoms with Crippen molar-refractivity contribution in [1.29, 1.82) is 0 Å². The van der Waals surface area contributed by atoms with Crippen LogP contribution in [0.4, 0.5) is 4.39 Å². The van der Waals surface area contributed by atoms with Crippen molar-refractivity contribution >= 4 is 30.0 Å². The zero-order chi connectivity index (χ0) is 22.1. The first-order chi connectivity index (χ1) is 15.0. The molecule has 156 valence electrons. The van der Waals surface area contributed by atoms with E-state index in [0.717, 1.165) is 22.3 Å². The minimum absolute atomic E-state index is 0.238. The van der Waals surface area contributed by atoms with Crippen LogP contribution in [0.15, 0.2) is 78.9 Å². The molecule has 0 atom stereocenters. The standard InChI is InChI=1S/C25H21FN2O3/c26-23-14-9-20(10-15-23)6-3-18-1-4-19(5-2-18)11-16-24(29)27-17-21-7-12-22(13-8-21)25(30)28-31/h1-16,31H,17H2,(H,27,29)(H,28,30)/b6-3-,16-11+. The topological polar surface area (TPSA) is 78.4 Å². The van der Waals surface area contributed by atoms with Gasteiger partial charge >= 0.3 is 0 Å². The van der Waals surface area contributed by atoms with Crippen LogP contribution < -0.4 is 10.8 Å². The Bertz CT molecular complexity index is 1090. The molecule has 3 N–H and O–H groups in total. The first-order valence-electron chi connectivity index (χ1n) is 9.56. The van der Waals surface area contributed by atoms with Crippen LogP contribution in [0.1, 0.15) is 32.6 Å². The molecule has 0 aliphatic rings. The molecular formula is C25H21FN2O3. The van der Waals surface area contributed by atoms with Crippen LogP contribution >= 0.6 is 0 Å². The Hall–Kier alpha value is -4.03. The molecule has 3 rings (SSSR count). The largest absolute Gasteiger partial charge is 0.348 e. The molecule has 0 heterocycles. The van der Waals surface area contributed by atoms with Crippen LogP contribution in [-0.4, -0.2) is 17.0 Å². The van der Waals surface area contributed by atoms with Gasteiger partial charge in [0.1, 0.15) is 5.82 Å². The zero-order valence-electron chi connectivity index (χ0n) is 16.6. The summed E-state index contributed by atoms with van der Waals surface area (Å²) in [5.41, 5.74) is 5.51. The van der Waals surface area contributed by atoms with Gasteiger partial charge in [-0.05, 0) is 52.6 Å². The van der Waals surface area contributed by atoms with E-state index in [-0.39, 0.29) is 11.7 Å². The van der Waals surface area contributed by atoms with Gasteiger partial charge in [0, 0.05) is 18.2 Å². The number of hydroxylamine groups is 1. The van der Waals surface area contributed by atoms with E-state index in [2.05, 4.69) is 5.32 Å². The highest BCUT2D eigenvalue weighted by Crippen LogP contribution is 2.11. The maximum atomic E-state index is 12.9. The molecule has 3 aromatic rings. The lowest BCUT2D eigenvalue weighted by Gasteiger charge is -2.04. The van der Waals surface area contributed by atoms with E-state index in [9.17, 15) is 14.0 Å². The van der Waals surface area contributed by atoms with Crippen molar-refractivity contribution in [3.8, 4) is 0 Å². The molecule has 0 fully saturated rings. The van der Waals surface area contributed by atoms with Crippen molar-refractivity contribution in [2.24, 2.45) is 0 Å². The fourth-order valence-corrected chi connectivity index (χ4v) is 2.74. The van der Waals surface area contributed by atoms with Crippen LogP contribution in [-0.2, 0) is 11.3 Å². The predicted octanol–water partition coefficient (Wildman–Crippen LogP) is 4.44. The molecule has 0 saturated heterocycles. The van der Waals surface area contributed by atoms with Crippen LogP contribution in [0.3, 0.4) is 0 Å². The van der Waals surface area contributed by atoms with Crippen molar-refractivity contribution in [1.82, 2.24) is 10.8 Å². The van der Waals surface area contributed by atoms with E-state index in [1.54, 1.807) is 48.0 Å². The average molecular weight is 416 g/mol. The van der Waals surface area contributed by atoms with Crippen LogP contribution in [0.2, 0.25) is 0 Å². The average Bonchev–Trinajstić information content (AvgIpc) is 2.81. The minimum atomic E-state index is -0.588. The van der Waals surface area contributed by atoms with Crippen LogP contribution in [0.25, 0.3) is 18.2 Å². The summed E-state index contributed by atoms with van der Waals surface area (Å²) in [6, 6.07) is 20.5. The number of hydrogen-bond acceptors (Lipinski definition) is 3. The maximum absolute atomic E-state index is 12.9. The van der Waals surface area contributed by atoms with Crippen LogP contribution in [0, 0.1) is 5.82 Å². The molecular weight excluding hydrogens is 395 g/mol. The summed E-state index contributed by atoms with van der Waals surface area (Å²) in [6.45, 7) is 0.317. The highest BCUT2D eigenvalue weighted by atomic mass is 19.1. The first kappa shape index (κ1) is 21.7. The second-order valence-electron chi connectivity index (χ2n) is 6.74. The monoisotopic (exact) mass is 416 g/mol. The molecule has 3 aromatic carbocycles. The second kappa shape index (κ2) is 10.7. The molecule has 0 aliphatic carbocycles. The van der Waals surface area contributed by atoms with Gasteiger partial charge in [-0.1, -0.05) is 60.7 Å². The molecule has 0 aromatic heterocycles. The highest BCUT2D eigenvalue weighted by molar-refractivity contribution is 5.93. The molecule has 0 bridgehead atoms. The van der Waals surface area contributed by atoms with Gasteiger partial charge in [-0.15, -0.1) is 0 Å². The Kier molecular flexibility index (Phi) is 7.45. The molecule has 5 nitrogen and oxygen atoms in total. The third-order valence-electron chi connectivity index (χ3n) is 4.49. The smallest absolute Gasteiger partial charge is 0.274 e. The van der Waals surface area contributed by atoms with Gasteiger partial charge in [0.2, 0.25) is 5.91 Å². The number of amides is 2. The van der Waals surface area contributed by atoms with Gasteiger partial charge in [-0.25, -0.2) is 9.87 Å². The summed E-state index contributed by atoms with van der Waals surface area (Å²) in [5, 5.41) is 11.4. The minimum Gasteiger partial charge on any atom is -0.348 e. The quantitative estimate of drug-likeness (QED) is 0.231. The van der Waals surface area contributed by atoms with Crippen molar-refractivity contribution in [2.45, 2.75) is 6.54 Å². The number of halogens is 1. The van der Waals surface area contributed by atoms with Crippen molar-refractivity contribution in [3.05, 3.63) is 113 Å². The molecule has 2 amide bonds. The summed E-state index contributed by atoms with van der Waals surface area (Å²) in [7, 11) is 0. The Balaban J connectivity index is 1.50. The van der Waals surface area contributed by atoms with E-state index < -0.39 is 5.91 Å². The lowest BCUT2D eigenvalue weighted by atomic mass is 10.1. The van der Waals surface area contributed by atoms with Crippen molar-refractivity contribution in [2.75, 3.05) is 0 Å². The number of rotatable bonds is 7. The van der Waals surface area contributed by atoms with Gasteiger partial charge in [-0.3, -0.25) is 14.8 Å². The number of carbonyl (C=O) groups excluding carboxylic acids is 2. The van der Waals surface area contributed by atoms with Crippen LogP contribution in [0.5, 0.6) is 0 Å². The summed E-state index contributed by atoms with van der Waals surface area (Å²) < 4.78 is 12.9. The normalized spacial score (nSPS) is 11.0. The zero-order valence-corrected chi connectivity index (χ0v) is 16.6. The Morgan fingerprint density at radius 1 is 0.774 bits per heavy atom. The molecule has 31 heavy (non-hydrogen) atoms. The van der Waals surface area contributed by atoms with Gasteiger partial charge in [0.15, 0.2) is 0 Å². The number of carbonyl (C=O) groups is 2.